The van der Waals surface area contributed by atoms with Gasteiger partial charge in [-0.3, -0.25) is 4.79 Å². The molecule has 1 aliphatic rings. The van der Waals surface area contributed by atoms with Crippen LogP contribution in [0.3, 0.4) is 0 Å². The number of ether oxygens (including phenoxy) is 1. The molecule has 0 bridgehead atoms. The van der Waals surface area contributed by atoms with E-state index in [4.69, 9.17) is 4.74 Å². The molecule has 1 aliphatic heterocycles. The second-order valence-corrected chi connectivity index (χ2v) is 4.64. The van der Waals surface area contributed by atoms with E-state index in [-0.39, 0.29) is 17.5 Å². The van der Waals surface area contributed by atoms with E-state index in [2.05, 4.69) is 26.1 Å². The van der Waals surface area contributed by atoms with Gasteiger partial charge in [0, 0.05) is 19.1 Å². The van der Waals surface area contributed by atoms with E-state index in [1.54, 1.807) is 0 Å². The monoisotopic (exact) mass is 214 g/mol. The number of nitrogens with zero attached hydrogens (tertiary/aromatic N) is 1. The quantitative estimate of drug-likeness (QED) is 0.749. The van der Waals surface area contributed by atoms with Crippen molar-refractivity contribution in [2.75, 3.05) is 26.8 Å². The summed E-state index contributed by atoms with van der Waals surface area (Å²) in [5, 5.41) is 3.18. The fraction of sp³-hybridized carbons (Fsp3) is 0.909. The molecule has 1 rings (SSSR count). The third kappa shape index (κ3) is 2.92. The summed E-state index contributed by atoms with van der Waals surface area (Å²) in [6.07, 6.45) is 0.947. The Balaban J connectivity index is 2.58. The van der Waals surface area contributed by atoms with Gasteiger partial charge in [-0.25, -0.2) is 0 Å². The number of morpholine rings is 1. The van der Waals surface area contributed by atoms with Crippen LogP contribution in [0.1, 0.15) is 27.2 Å². The molecule has 1 saturated heterocycles. The number of hydrogen-bond donors (Lipinski definition) is 1. The summed E-state index contributed by atoms with van der Waals surface area (Å²) in [6.45, 7) is 8.20. The number of hydrogen-bond acceptors (Lipinski definition) is 3. The summed E-state index contributed by atoms with van der Waals surface area (Å²) in [5.74, 6) is 0.126. The van der Waals surface area contributed by atoms with Crippen molar-refractivity contribution in [3.63, 3.8) is 0 Å². The van der Waals surface area contributed by atoms with Crippen LogP contribution in [0.2, 0.25) is 0 Å². The van der Waals surface area contributed by atoms with Crippen LogP contribution in [0.25, 0.3) is 0 Å². The molecule has 0 saturated carbocycles. The third-order valence-electron chi connectivity index (χ3n) is 3.32. The van der Waals surface area contributed by atoms with Gasteiger partial charge >= 0.3 is 0 Å². The summed E-state index contributed by atoms with van der Waals surface area (Å²) >= 11 is 0. The minimum absolute atomic E-state index is 0.0871. The second kappa shape index (κ2) is 4.94. The zero-order chi connectivity index (χ0) is 11.5. The maximum Gasteiger partial charge on any atom is 0.242 e. The minimum Gasteiger partial charge on any atom is -0.378 e. The van der Waals surface area contributed by atoms with Crippen LogP contribution in [0, 0.1) is 0 Å². The lowest BCUT2D eigenvalue weighted by Crippen LogP contribution is -2.56. The molecule has 0 radical (unpaired) electrons. The fourth-order valence-electron chi connectivity index (χ4n) is 1.49. The number of carbonyl (C=O) groups excluding carboxylic acids is 1. The first-order valence-electron chi connectivity index (χ1n) is 5.58. The molecule has 0 aromatic heterocycles. The van der Waals surface area contributed by atoms with Gasteiger partial charge in [0.1, 0.15) is 6.04 Å². The Labute approximate surface area is 92.0 Å². The van der Waals surface area contributed by atoms with Crippen LogP contribution >= 0.6 is 0 Å². The van der Waals surface area contributed by atoms with Crippen molar-refractivity contribution in [1.82, 2.24) is 10.2 Å². The number of likely N-dealkylation sites (N-methyl/N-ethyl adjacent to an activating group) is 1. The van der Waals surface area contributed by atoms with Gasteiger partial charge in [0.05, 0.1) is 13.2 Å². The van der Waals surface area contributed by atoms with E-state index in [0.717, 1.165) is 13.0 Å². The van der Waals surface area contributed by atoms with Crippen LogP contribution in [0.5, 0.6) is 0 Å². The van der Waals surface area contributed by atoms with E-state index >= 15 is 0 Å². The minimum atomic E-state index is -0.172. The molecule has 1 unspecified atom stereocenters. The second-order valence-electron chi connectivity index (χ2n) is 4.64. The molecule has 0 spiro atoms. The van der Waals surface area contributed by atoms with E-state index in [0.29, 0.717) is 13.2 Å². The Morgan fingerprint density at radius 2 is 2.27 bits per heavy atom. The van der Waals surface area contributed by atoms with Crippen LogP contribution in [0.4, 0.5) is 0 Å². The lowest BCUT2D eigenvalue weighted by molar-refractivity contribution is -0.139. The molecule has 1 atom stereocenters. The maximum atomic E-state index is 12.1. The average molecular weight is 214 g/mol. The van der Waals surface area contributed by atoms with Crippen molar-refractivity contribution in [1.29, 1.82) is 0 Å². The van der Waals surface area contributed by atoms with Crippen molar-refractivity contribution in [3.05, 3.63) is 0 Å². The molecule has 1 fully saturated rings. The number of nitrogens with one attached hydrogen (secondary N) is 1. The molecular weight excluding hydrogens is 192 g/mol. The van der Waals surface area contributed by atoms with Crippen molar-refractivity contribution in [2.45, 2.75) is 38.8 Å². The fourth-order valence-corrected chi connectivity index (χ4v) is 1.49. The highest BCUT2D eigenvalue weighted by molar-refractivity contribution is 5.82. The van der Waals surface area contributed by atoms with E-state index in [1.165, 1.54) is 0 Å². The molecule has 1 N–H and O–H groups in total. The summed E-state index contributed by atoms with van der Waals surface area (Å²) in [4.78, 5) is 13.9. The first kappa shape index (κ1) is 12.5. The van der Waals surface area contributed by atoms with E-state index < -0.39 is 0 Å². The Bertz CT molecular complexity index is 223. The maximum absolute atomic E-state index is 12.1. The molecule has 1 amide bonds. The third-order valence-corrected chi connectivity index (χ3v) is 3.32. The zero-order valence-electron chi connectivity index (χ0n) is 10.2. The van der Waals surface area contributed by atoms with Crippen molar-refractivity contribution >= 4 is 5.91 Å². The zero-order valence-corrected chi connectivity index (χ0v) is 10.2. The van der Waals surface area contributed by atoms with E-state index in [9.17, 15) is 4.79 Å². The van der Waals surface area contributed by atoms with Crippen molar-refractivity contribution < 1.29 is 9.53 Å². The Morgan fingerprint density at radius 1 is 1.60 bits per heavy atom. The molecule has 1 heterocycles. The molecule has 4 heteroatoms. The summed E-state index contributed by atoms with van der Waals surface area (Å²) in [7, 11) is 1.86. The molecule has 88 valence electrons. The number of rotatable bonds is 3. The van der Waals surface area contributed by atoms with Gasteiger partial charge in [-0.1, -0.05) is 6.92 Å². The van der Waals surface area contributed by atoms with Gasteiger partial charge in [-0.15, -0.1) is 0 Å². The summed E-state index contributed by atoms with van der Waals surface area (Å²) in [6, 6.07) is -0.172. The molecule has 4 nitrogen and oxygen atoms in total. The SMILES string of the molecule is CCC(C)(C)N(C)C(=O)C1COCCN1. The largest absolute Gasteiger partial charge is 0.378 e. The predicted molar refractivity (Wildman–Crippen MR) is 59.7 cm³/mol. The Morgan fingerprint density at radius 3 is 2.73 bits per heavy atom. The predicted octanol–water partition coefficient (Wildman–Crippen LogP) is 0.622. The smallest absolute Gasteiger partial charge is 0.242 e. The van der Waals surface area contributed by atoms with E-state index in [1.807, 2.05) is 11.9 Å². The molecule has 0 aromatic rings. The molecular formula is C11H22N2O2. The first-order chi connectivity index (χ1) is 6.99. The highest BCUT2D eigenvalue weighted by Crippen LogP contribution is 2.17. The van der Waals surface area contributed by atoms with Crippen LogP contribution in [-0.2, 0) is 9.53 Å². The standard InChI is InChI=1S/C11H22N2O2/c1-5-11(2,3)13(4)10(14)9-8-15-7-6-12-9/h9,12H,5-8H2,1-4H3. The van der Waals surface area contributed by atoms with Crippen LogP contribution < -0.4 is 5.32 Å². The van der Waals surface area contributed by atoms with Gasteiger partial charge in [-0.2, -0.15) is 0 Å². The summed E-state index contributed by atoms with van der Waals surface area (Å²) in [5.41, 5.74) is -0.0871. The number of carbonyl (C=O) groups is 1. The lowest BCUT2D eigenvalue weighted by atomic mass is 9.99. The van der Waals surface area contributed by atoms with Crippen molar-refractivity contribution in [2.24, 2.45) is 0 Å². The topological polar surface area (TPSA) is 41.6 Å². The van der Waals surface area contributed by atoms with Gasteiger partial charge in [-0.05, 0) is 20.3 Å². The van der Waals surface area contributed by atoms with Crippen molar-refractivity contribution in [3.8, 4) is 0 Å². The summed E-state index contributed by atoms with van der Waals surface area (Å²) < 4.78 is 5.29. The molecule has 15 heavy (non-hydrogen) atoms. The van der Waals surface area contributed by atoms with Gasteiger partial charge in [0.25, 0.3) is 0 Å². The van der Waals surface area contributed by atoms with Gasteiger partial charge in [0.2, 0.25) is 5.91 Å². The Hall–Kier alpha value is -0.610. The Kier molecular flexibility index (Phi) is 4.11. The number of amides is 1. The van der Waals surface area contributed by atoms with Gasteiger partial charge in [0.15, 0.2) is 0 Å². The lowest BCUT2D eigenvalue weighted by Gasteiger charge is -2.38. The highest BCUT2D eigenvalue weighted by atomic mass is 16.5. The van der Waals surface area contributed by atoms with Gasteiger partial charge < -0.3 is 15.0 Å². The normalized spacial score (nSPS) is 22.5. The van der Waals surface area contributed by atoms with Crippen LogP contribution in [-0.4, -0.2) is 49.2 Å². The average Bonchev–Trinajstić information content (AvgIpc) is 2.28. The highest BCUT2D eigenvalue weighted by Gasteiger charge is 2.31. The molecule has 0 aromatic carbocycles. The molecule has 0 aliphatic carbocycles. The van der Waals surface area contributed by atoms with Crippen LogP contribution in [0.15, 0.2) is 0 Å². The first-order valence-corrected chi connectivity index (χ1v) is 5.58.